The first-order valence-corrected chi connectivity index (χ1v) is 6.73. The molecule has 1 rings (SSSR count). The van der Waals surface area contributed by atoms with Crippen molar-refractivity contribution in [3.8, 4) is 0 Å². The zero-order chi connectivity index (χ0) is 11.4. The molecule has 0 amide bonds. The maximum atomic E-state index is 6.00. The van der Waals surface area contributed by atoms with E-state index in [1.165, 1.54) is 17.5 Å². The second kappa shape index (κ2) is 5.91. The average Bonchev–Trinajstić information content (AvgIpc) is 2.19. The lowest BCUT2D eigenvalue weighted by Gasteiger charge is -2.18. The van der Waals surface area contributed by atoms with Crippen molar-refractivity contribution < 1.29 is 0 Å². The summed E-state index contributed by atoms with van der Waals surface area (Å²) in [5.74, 6) is 0.700. The zero-order valence-corrected chi connectivity index (χ0v) is 11.9. The van der Waals surface area contributed by atoms with Crippen molar-refractivity contribution in [2.75, 3.05) is 0 Å². The quantitative estimate of drug-likeness (QED) is 0.684. The first kappa shape index (κ1) is 13.1. The Kier molecular flexibility index (Phi) is 5.14. The standard InChI is InChI=1S/C13H18BrCl/c1-4-12(10(3)14)8-11-5-6-13(15)9(2)7-11/h5-7,10,12H,4,8H2,1-3H3. The van der Waals surface area contributed by atoms with E-state index < -0.39 is 0 Å². The minimum atomic E-state index is 0.568. The van der Waals surface area contributed by atoms with Crippen molar-refractivity contribution in [3.63, 3.8) is 0 Å². The molecule has 2 unspecified atom stereocenters. The van der Waals surface area contributed by atoms with Gasteiger partial charge in [-0.15, -0.1) is 0 Å². The van der Waals surface area contributed by atoms with Crippen LogP contribution in [0.3, 0.4) is 0 Å². The van der Waals surface area contributed by atoms with Gasteiger partial charge in [0.15, 0.2) is 0 Å². The van der Waals surface area contributed by atoms with Gasteiger partial charge < -0.3 is 0 Å². The van der Waals surface area contributed by atoms with Crippen LogP contribution in [0.15, 0.2) is 18.2 Å². The van der Waals surface area contributed by atoms with E-state index in [0.717, 1.165) is 11.4 Å². The maximum absolute atomic E-state index is 6.00. The molecule has 0 saturated carbocycles. The molecule has 0 saturated heterocycles. The molecular weight excluding hydrogens is 272 g/mol. The molecule has 1 aromatic carbocycles. The first-order chi connectivity index (χ1) is 7.04. The molecule has 0 aliphatic rings. The van der Waals surface area contributed by atoms with Crippen LogP contribution in [0.5, 0.6) is 0 Å². The number of aryl methyl sites for hydroxylation is 1. The summed E-state index contributed by atoms with van der Waals surface area (Å²) >= 11 is 9.67. The molecule has 0 nitrogen and oxygen atoms in total. The van der Waals surface area contributed by atoms with E-state index in [0.29, 0.717) is 10.7 Å². The highest BCUT2D eigenvalue weighted by atomic mass is 79.9. The van der Waals surface area contributed by atoms with Crippen molar-refractivity contribution in [2.24, 2.45) is 5.92 Å². The summed E-state index contributed by atoms with van der Waals surface area (Å²) in [5, 5.41) is 0.860. The van der Waals surface area contributed by atoms with E-state index in [1.807, 2.05) is 6.07 Å². The number of halogens is 2. The monoisotopic (exact) mass is 288 g/mol. The minimum Gasteiger partial charge on any atom is -0.0891 e. The Balaban J connectivity index is 2.75. The highest BCUT2D eigenvalue weighted by molar-refractivity contribution is 9.09. The Labute approximate surface area is 106 Å². The Morgan fingerprint density at radius 1 is 1.40 bits per heavy atom. The van der Waals surface area contributed by atoms with Gasteiger partial charge in [-0.05, 0) is 36.5 Å². The van der Waals surface area contributed by atoms with Gasteiger partial charge in [-0.25, -0.2) is 0 Å². The molecule has 0 heterocycles. The molecule has 0 radical (unpaired) electrons. The molecule has 0 aliphatic carbocycles. The first-order valence-electron chi connectivity index (χ1n) is 5.43. The van der Waals surface area contributed by atoms with E-state index >= 15 is 0 Å². The predicted octanol–water partition coefficient (Wildman–Crippen LogP) is 5.00. The summed E-state index contributed by atoms with van der Waals surface area (Å²) in [5.41, 5.74) is 2.56. The smallest absolute Gasteiger partial charge is 0.0435 e. The molecule has 0 aliphatic heterocycles. The van der Waals surface area contributed by atoms with Crippen LogP contribution >= 0.6 is 27.5 Å². The topological polar surface area (TPSA) is 0 Å². The van der Waals surface area contributed by atoms with Gasteiger partial charge in [0.2, 0.25) is 0 Å². The Morgan fingerprint density at radius 2 is 2.07 bits per heavy atom. The van der Waals surface area contributed by atoms with Crippen molar-refractivity contribution in [3.05, 3.63) is 34.3 Å². The van der Waals surface area contributed by atoms with Crippen LogP contribution in [0.25, 0.3) is 0 Å². The number of alkyl halides is 1. The molecule has 1 aromatic rings. The molecule has 0 aromatic heterocycles. The zero-order valence-electron chi connectivity index (χ0n) is 9.56. The molecular formula is C13H18BrCl. The van der Waals surface area contributed by atoms with Crippen LogP contribution in [-0.2, 0) is 6.42 Å². The van der Waals surface area contributed by atoms with Crippen molar-refractivity contribution in [2.45, 2.75) is 38.4 Å². The Bertz CT molecular complexity index is 320. The van der Waals surface area contributed by atoms with Gasteiger partial charge >= 0.3 is 0 Å². The van der Waals surface area contributed by atoms with Gasteiger partial charge in [0.05, 0.1) is 0 Å². The fraction of sp³-hybridized carbons (Fsp3) is 0.538. The number of benzene rings is 1. The molecule has 0 bridgehead atoms. The average molecular weight is 290 g/mol. The van der Waals surface area contributed by atoms with Crippen LogP contribution in [0.1, 0.15) is 31.4 Å². The molecule has 0 N–H and O–H groups in total. The fourth-order valence-electron chi connectivity index (χ4n) is 1.77. The molecule has 84 valence electrons. The summed E-state index contributed by atoms with van der Waals surface area (Å²) < 4.78 is 0. The Morgan fingerprint density at radius 3 is 2.53 bits per heavy atom. The molecule has 0 spiro atoms. The summed E-state index contributed by atoms with van der Waals surface area (Å²) in [6, 6.07) is 6.32. The van der Waals surface area contributed by atoms with Crippen molar-refractivity contribution in [1.29, 1.82) is 0 Å². The second-order valence-corrected chi connectivity index (χ2v) is 5.99. The van der Waals surface area contributed by atoms with Gasteiger partial charge in [0.25, 0.3) is 0 Å². The molecule has 0 fully saturated rings. The fourth-order valence-corrected chi connectivity index (χ4v) is 2.45. The Hall–Kier alpha value is -0.0100. The number of rotatable bonds is 4. The van der Waals surface area contributed by atoms with E-state index in [9.17, 15) is 0 Å². The number of hydrogen-bond donors (Lipinski definition) is 0. The van der Waals surface area contributed by atoms with Crippen molar-refractivity contribution in [1.82, 2.24) is 0 Å². The highest BCUT2D eigenvalue weighted by Crippen LogP contribution is 2.23. The van der Waals surface area contributed by atoms with Crippen molar-refractivity contribution >= 4 is 27.5 Å². The molecule has 2 heteroatoms. The van der Waals surface area contributed by atoms with Crippen LogP contribution in [0, 0.1) is 12.8 Å². The lowest BCUT2D eigenvalue weighted by molar-refractivity contribution is 0.508. The van der Waals surface area contributed by atoms with E-state index in [-0.39, 0.29) is 0 Å². The summed E-state index contributed by atoms with van der Waals surface area (Å²) in [6.45, 7) is 6.52. The third-order valence-electron chi connectivity index (χ3n) is 2.89. The summed E-state index contributed by atoms with van der Waals surface area (Å²) in [7, 11) is 0. The summed E-state index contributed by atoms with van der Waals surface area (Å²) in [4.78, 5) is 0.568. The highest BCUT2D eigenvalue weighted by Gasteiger charge is 2.13. The van der Waals surface area contributed by atoms with E-state index in [2.05, 4.69) is 48.8 Å². The van der Waals surface area contributed by atoms with Crippen LogP contribution in [0.2, 0.25) is 5.02 Å². The van der Waals surface area contributed by atoms with Crippen LogP contribution < -0.4 is 0 Å². The van der Waals surface area contributed by atoms with Gasteiger partial charge in [-0.2, -0.15) is 0 Å². The second-order valence-electron chi connectivity index (χ2n) is 4.13. The minimum absolute atomic E-state index is 0.568. The lowest BCUT2D eigenvalue weighted by atomic mass is 9.94. The van der Waals surface area contributed by atoms with Gasteiger partial charge in [-0.1, -0.05) is 59.9 Å². The molecule has 2 atom stereocenters. The predicted molar refractivity (Wildman–Crippen MR) is 72.1 cm³/mol. The summed E-state index contributed by atoms with van der Waals surface area (Å²) in [6.07, 6.45) is 2.33. The number of hydrogen-bond acceptors (Lipinski definition) is 0. The third kappa shape index (κ3) is 3.81. The largest absolute Gasteiger partial charge is 0.0891 e. The maximum Gasteiger partial charge on any atom is 0.0435 e. The van der Waals surface area contributed by atoms with E-state index in [4.69, 9.17) is 11.6 Å². The van der Waals surface area contributed by atoms with Gasteiger partial charge in [0, 0.05) is 9.85 Å². The molecule has 15 heavy (non-hydrogen) atoms. The normalized spacial score (nSPS) is 15.0. The SMILES string of the molecule is CCC(Cc1ccc(Cl)c(C)c1)C(C)Br. The van der Waals surface area contributed by atoms with Crippen LogP contribution in [-0.4, -0.2) is 4.83 Å². The van der Waals surface area contributed by atoms with Crippen LogP contribution in [0.4, 0.5) is 0 Å². The van der Waals surface area contributed by atoms with Gasteiger partial charge in [0.1, 0.15) is 0 Å². The third-order valence-corrected chi connectivity index (χ3v) is 4.07. The van der Waals surface area contributed by atoms with Gasteiger partial charge in [-0.3, -0.25) is 0 Å². The lowest BCUT2D eigenvalue weighted by Crippen LogP contribution is -2.13. The van der Waals surface area contributed by atoms with E-state index in [1.54, 1.807) is 0 Å².